The Balaban J connectivity index is 1.97. The maximum absolute atomic E-state index is 6.04. The average Bonchev–Trinajstić information content (AvgIpc) is 2.48. The van der Waals surface area contributed by atoms with Crippen molar-refractivity contribution in [1.29, 1.82) is 0 Å². The first kappa shape index (κ1) is 12.9. The predicted molar refractivity (Wildman–Crippen MR) is 77.0 cm³/mol. The van der Waals surface area contributed by atoms with Gasteiger partial charge in [0.2, 0.25) is 0 Å². The molecule has 6 heteroatoms. The van der Waals surface area contributed by atoms with Gasteiger partial charge in [-0.25, -0.2) is 9.97 Å². The summed E-state index contributed by atoms with van der Waals surface area (Å²) in [6.45, 7) is 1.90. The third-order valence-corrected chi connectivity index (χ3v) is 3.50. The summed E-state index contributed by atoms with van der Waals surface area (Å²) in [6.07, 6.45) is 3.75. The minimum absolute atomic E-state index is 0.154. The highest BCUT2D eigenvalue weighted by atomic mass is 16.5. The second-order valence-corrected chi connectivity index (χ2v) is 4.87. The Hall–Kier alpha value is -2.08. The van der Waals surface area contributed by atoms with Crippen molar-refractivity contribution >= 4 is 16.7 Å². The Morgan fingerprint density at radius 3 is 2.95 bits per heavy atom. The standard InChI is InChI=1S/C14H18N4O2/c1-19-12-6-11-10(14(15)18-8-17-11)5-13(12)20-9-3-2-4-16-7-9/h5-6,8-9,16H,2-4,7H2,1H3,(H2,15,17,18)/t9-/m1/s1. The summed E-state index contributed by atoms with van der Waals surface area (Å²) in [4.78, 5) is 8.21. The monoisotopic (exact) mass is 274 g/mol. The molecule has 0 radical (unpaired) electrons. The molecule has 1 atom stereocenters. The highest BCUT2D eigenvalue weighted by molar-refractivity contribution is 5.90. The zero-order valence-corrected chi connectivity index (χ0v) is 11.4. The van der Waals surface area contributed by atoms with Gasteiger partial charge >= 0.3 is 0 Å². The fraction of sp³-hybridized carbons (Fsp3) is 0.429. The molecule has 0 aliphatic carbocycles. The normalized spacial score (nSPS) is 18.9. The van der Waals surface area contributed by atoms with Gasteiger partial charge in [-0.2, -0.15) is 0 Å². The third-order valence-electron chi connectivity index (χ3n) is 3.50. The summed E-state index contributed by atoms with van der Waals surface area (Å²) in [7, 11) is 1.62. The quantitative estimate of drug-likeness (QED) is 0.879. The van der Waals surface area contributed by atoms with E-state index in [1.54, 1.807) is 7.11 Å². The number of nitrogens with zero attached hydrogens (tertiary/aromatic N) is 2. The van der Waals surface area contributed by atoms with Gasteiger partial charge in [0.25, 0.3) is 0 Å². The van der Waals surface area contributed by atoms with Crippen molar-refractivity contribution in [2.45, 2.75) is 18.9 Å². The zero-order valence-electron chi connectivity index (χ0n) is 11.4. The van der Waals surface area contributed by atoms with E-state index in [1.807, 2.05) is 12.1 Å². The Morgan fingerprint density at radius 1 is 1.30 bits per heavy atom. The number of benzene rings is 1. The van der Waals surface area contributed by atoms with Crippen LogP contribution in [0.5, 0.6) is 11.5 Å². The summed E-state index contributed by atoms with van der Waals surface area (Å²) < 4.78 is 11.4. The summed E-state index contributed by atoms with van der Waals surface area (Å²) >= 11 is 0. The highest BCUT2D eigenvalue weighted by Gasteiger charge is 2.18. The highest BCUT2D eigenvalue weighted by Crippen LogP contribution is 2.34. The molecule has 1 saturated heterocycles. The second-order valence-electron chi connectivity index (χ2n) is 4.87. The van der Waals surface area contributed by atoms with E-state index >= 15 is 0 Å². The van der Waals surface area contributed by atoms with Gasteiger partial charge in [-0.1, -0.05) is 0 Å². The predicted octanol–water partition coefficient (Wildman–Crippen LogP) is 1.35. The molecule has 1 aromatic carbocycles. The van der Waals surface area contributed by atoms with Crippen LogP contribution < -0.4 is 20.5 Å². The molecule has 1 aromatic heterocycles. The van der Waals surface area contributed by atoms with Gasteiger partial charge in [0, 0.05) is 18.0 Å². The molecule has 1 fully saturated rings. The summed E-state index contributed by atoms with van der Waals surface area (Å²) in [5.74, 6) is 1.81. The number of nitrogens with one attached hydrogen (secondary N) is 1. The molecule has 0 bridgehead atoms. The van der Waals surface area contributed by atoms with E-state index in [2.05, 4.69) is 15.3 Å². The first-order chi connectivity index (χ1) is 9.78. The van der Waals surface area contributed by atoms with Gasteiger partial charge in [-0.3, -0.25) is 0 Å². The average molecular weight is 274 g/mol. The van der Waals surface area contributed by atoms with Gasteiger partial charge in [0.1, 0.15) is 18.2 Å². The van der Waals surface area contributed by atoms with Crippen molar-refractivity contribution < 1.29 is 9.47 Å². The molecule has 3 N–H and O–H groups in total. The number of hydrogen-bond donors (Lipinski definition) is 2. The van der Waals surface area contributed by atoms with Crippen LogP contribution in [0, 0.1) is 0 Å². The van der Waals surface area contributed by atoms with Crippen molar-refractivity contribution in [1.82, 2.24) is 15.3 Å². The molecule has 0 unspecified atom stereocenters. The molecule has 2 aromatic rings. The third kappa shape index (κ3) is 2.46. The Bertz CT molecular complexity index is 611. The first-order valence-corrected chi connectivity index (χ1v) is 6.73. The van der Waals surface area contributed by atoms with Gasteiger partial charge in [0.15, 0.2) is 11.5 Å². The number of ether oxygens (including phenoxy) is 2. The molecular formula is C14H18N4O2. The number of methoxy groups -OCH3 is 1. The minimum Gasteiger partial charge on any atom is -0.493 e. The van der Waals surface area contributed by atoms with Crippen LogP contribution in [-0.2, 0) is 0 Å². The number of anilines is 1. The minimum atomic E-state index is 0.154. The molecule has 2 heterocycles. The van der Waals surface area contributed by atoms with E-state index in [-0.39, 0.29) is 6.10 Å². The van der Waals surface area contributed by atoms with E-state index in [9.17, 15) is 0 Å². The van der Waals surface area contributed by atoms with Gasteiger partial charge < -0.3 is 20.5 Å². The lowest BCUT2D eigenvalue weighted by molar-refractivity contribution is 0.161. The van der Waals surface area contributed by atoms with Crippen LogP contribution in [0.15, 0.2) is 18.5 Å². The topological polar surface area (TPSA) is 82.3 Å². The van der Waals surface area contributed by atoms with Gasteiger partial charge in [-0.05, 0) is 25.5 Å². The molecule has 106 valence electrons. The van der Waals surface area contributed by atoms with Crippen LogP contribution in [0.3, 0.4) is 0 Å². The van der Waals surface area contributed by atoms with E-state index in [1.165, 1.54) is 6.33 Å². The lowest BCUT2D eigenvalue weighted by atomic mass is 10.1. The second kappa shape index (κ2) is 5.50. The van der Waals surface area contributed by atoms with Crippen LogP contribution in [0.1, 0.15) is 12.8 Å². The van der Waals surface area contributed by atoms with E-state index in [0.29, 0.717) is 17.3 Å². The molecule has 0 spiro atoms. The molecule has 6 nitrogen and oxygen atoms in total. The Morgan fingerprint density at radius 2 is 2.20 bits per heavy atom. The first-order valence-electron chi connectivity index (χ1n) is 6.73. The van der Waals surface area contributed by atoms with Crippen molar-refractivity contribution in [3.63, 3.8) is 0 Å². The number of nitrogen functional groups attached to an aromatic ring is 1. The number of hydrogen-bond acceptors (Lipinski definition) is 6. The molecule has 0 saturated carbocycles. The van der Waals surface area contributed by atoms with Crippen LogP contribution in [0.25, 0.3) is 10.9 Å². The number of fused-ring (bicyclic) bond motifs is 1. The Kier molecular flexibility index (Phi) is 3.56. The summed E-state index contributed by atoms with van der Waals surface area (Å²) in [5.41, 5.74) is 6.64. The van der Waals surface area contributed by atoms with Crippen molar-refractivity contribution in [3.8, 4) is 11.5 Å². The van der Waals surface area contributed by atoms with Gasteiger partial charge in [-0.15, -0.1) is 0 Å². The lowest BCUT2D eigenvalue weighted by Crippen LogP contribution is -2.37. The maximum atomic E-state index is 6.04. The molecule has 20 heavy (non-hydrogen) atoms. The fourth-order valence-corrected chi connectivity index (χ4v) is 2.44. The maximum Gasteiger partial charge on any atom is 0.162 e. The molecule has 1 aliphatic rings. The molecule has 3 rings (SSSR count). The number of nitrogens with two attached hydrogens (primary N) is 1. The van der Waals surface area contributed by atoms with Crippen molar-refractivity contribution in [2.75, 3.05) is 25.9 Å². The van der Waals surface area contributed by atoms with E-state index in [4.69, 9.17) is 15.2 Å². The Labute approximate surface area is 117 Å². The molecular weight excluding hydrogens is 256 g/mol. The largest absolute Gasteiger partial charge is 0.493 e. The SMILES string of the molecule is COc1cc2ncnc(N)c2cc1O[C@@H]1CCCNC1. The van der Waals surface area contributed by atoms with E-state index in [0.717, 1.165) is 36.8 Å². The fourth-order valence-electron chi connectivity index (χ4n) is 2.44. The smallest absolute Gasteiger partial charge is 0.162 e. The van der Waals surface area contributed by atoms with Crippen molar-refractivity contribution in [3.05, 3.63) is 18.5 Å². The van der Waals surface area contributed by atoms with Crippen LogP contribution in [0.2, 0.25) is 0 Å². The number of rotatable bonds is 3. The molecule has 0 amide bonds. The number of aromatic nitrogens is 2. The summed E-state index contributed by atoms with van der Waals surface area (Å²) in [5, 5.41) is 4.11. The van der Waals surface area contributed by atoms with E-state index < -0.39 is 0 Å². The van der Waals surface area contributed by atoms with Gasteiger partial charge in [0.05, 0.1) is 12.6 Å². The van der Waals surface area contributed by atoms with Crippen molar-refractivity contribution in [2.24, 2.45) is 0 Å². The zero-order chi connectivity index (χ0) is 13.9. The van der Waals surface area contributed by atoms with Crippen LogP contribution in [-0.4, -0.2) is 36.3 Å². The number of piperidine rings is 1. The lowest BCUT2D eigenvalue weighted by Gasteiger charge is -2.25. The van der Waals surface area contributed by atoms with Crippen LogP contribution in [0.4, 0.5) is 5.82 Å². The summed E-state index contributed by atoms with van der Waals surface area (Å²) in [6, 6.07) is 3.69. The molecule has 1 aliphatic heterocycles. The van der Waals surface area contributed by atoms with Crippen LogP contribution >= 0.6 is 0 Å².